The molecule has 23 heavy (non-hydrogen) atoms. The van der Waals surface area contributed by atoms with Crippen LogP contribution in [0.15, 0.2) is 24.3 Å². The Morgan fingerprint density at radius 2 is 1.91 bits per heavy atom. The zero-order valence-corrected chi connectivity index (χ0v) is 14.0. The van der Waals surface area contributed by atoms with E-state index in [-0.39, 0.29) is 17.9 Å². The molecule has 2 N–H and O–H groups in total. The van der Waals surface area contributed by atoms with Crippen molar-refractivity contribution >= 4 is 11.9 Å². The number of benzene rings is 1. The number of aliphatic carboxylic acids is 1. The van der Waals surface area contributed by atoms with Gasteiger partial charge in [0.15, 0.2) is 0 Å². The minimum Gasteiger partial charge on any atom is -0.481 e. The van der Waals surface area contributed by atoms with Crippen molar-refractivity contribution in [2.75, 3.05) is 0 Å². The van der Waals surface area contributed by atoms with E-state index in [1.54, 1.807) is 0 Å². The van der Waals surface area contributed by atoms with E-state index < -0.39 is 11.9 Å². The fraction of sp³-hybridized carbons (Fsp3) is 0.579. The number of carboxylic acid groups (broad SMARTS) is 1. The molecular weight excluding hydrogens is 290 g/mol. The van der Waals surface area contributed by atoms with E-state index in [0.717, 1.165) is 25.7 Å². The third kappa shape index (κ3) is 4.81. The van der Waals surface area contributed by atoms with Crippen molar-refractivity contribution in [1.29, 1.82) is 0 Å². The van der Waals surface area contributed by atoms with Gasteiger partial charge in [-0.2, -0.15) is 0 Å². The number of amides is 1. The Hall–Kier alpha value is -1.84. The van der Waals surface area contributed by atoms with Crippen LogP contribution in [0.2, 0.25) is 0 Å². The van der Waals surface area contributed by atoms with Gasteiger partial charge in [0.2, 0.25) is 5.91 Å². The van der Waals surface area contributed by atoms with Crippen LogP contribution in [-0.2, 0) is 9.59 Å². The molecule has 0 radical (unpaired) electrons. The predicted molar refractivity (Wildman–Crippen MR) is 90.4 cm³/mol. The molecule has 1 unspecified atom stereocenters. The van der Waals surface area contributed by atoms with Gasteiger partial charge in [-0.3, -0.25) is 9.59 Å². The van der Waals surface area contributed by atoms with Gasteiger partial charge in [-0.05, 0) is 36.8 Å². The first-order valence-corrected chi connectivity index (χ1v) is 8.56. The second-order valence-electron chi connectivity index (χ2n) is 6.72. The van der Waals surface area contributed by atoms with Gasteiger partial charge in [0.05, 0.1) is 5.92 Å². The maximum absolute atomic E-state index is 12.4. The highest BCUT2D eigenvalue weighted by Gasteiger charge is 2.30. The molecule has 1 fully saturated rings. The van der Waals surface area contributed by atoms with E-state index in [1.807, 2.05) is 19.1 Å². The summed E-state index contributed by atoms with van der Waals surface area (Å²) in [5.41, 5.74) is 2.36. The zero-order valence-electron chi connectivity index (χ0n) is 14.0. The number of nitrogens with one attached hydrogen (secondary N) is 1. The van der Waals surface area contributed by atoms with Crippen LogP contribution in [0.4, 0.5) is 0 Å². The average molecular weight is 317 g/mol. The SMILES string of the molecule is Cc1ccccc1C(C)CC(=O)N[C@H]1CCCCC[C@H]1C(=O)O. The molecule has 1 aliphatic rings. The molecule has 0 bridgehead atoms. The van der Waals surface area contributed by atoms with Gasteiger partial charge in [-0.15, -0.1) is 0 Å². The maximum atomic E-state index is 12.4. The van der Waals surface area contributed by atoms with Gasteiger partial charge in [0.1, 0.15) is 0 Å². The fourth-order valence-corrected chi connectivity index (χ4v) is 3.57. The molecule has 0 spiro atoms. The number of hydrogen-bond acceptors (Lipinski definition) is 2. The molecule has 3 atom stereocenters. The van der Waals surface area contributed by atoms with Crippen LogP contribution >= 0.6 is 0 Å². The molecule has 0 saturated heterocycles. The molecule has 1 aliphatic carbocycles. The summed E-state index contributed by atoms with van der Waals surface area (Å²) in [6.45, 7) is 4.10. The Morgan fingerprint density at radius 1 is 1.22 bits per heavy atom. The molecular formula is C19H27NO3. The van der Waals surface area contributed by atoms with Crippen LogP contribution in [0.5, 0.6) is 0 Å². The quantitative estimate of drug-likeness (QED) is 0.815. The highest BCUT2D eigenvalue weighted by atomic mass is 16.4. The smallest absolute Gasteiger partial charge is 0.308 e. The molecule has 2 rings (SSSR count). The van der Waals surface area contributed by atoms with Gasteiger partial charge in [0, 0.05) is 12.5 Å². The second-order valence-corrected chi connectivity index (χ2v) is 6.72. The Kier molecular flexibility index (Phi) is 6.20. The minimum absolute atomic E-state index is 0.0427. The molecule has 0 aromatic heterocycles. The summed E-state index contributed by atoms with van der Waals surface area (Å²) in [5, 5.41) is 12.4. The highest BCUT2D eigenvalue weighted by Crippen LogP contribution is 2.25. The Labute approximate surface area is 138 Å². The highest BCUT2D eigenvalue weighted by molar-refractivity contribution is 5.79. The molecule has 0 aliphatic heterocycles. The molecule has 1 saturated carbocycles. The summed E-state index contributed by atoms with van der Waals surface area (Å²) < 4.78 is 0. The third-order valence-electron chi connectivity index (χ3n) is 4.89. The lowest BCUT2D eigenvalue weighted by molar-refractivity contribution is -0.143. The van der Waals surface area contributed by atoms with E-state index >= 15 is 0 Å². The second kappa shape index (κ2) is 8.14. The normalized spacial score (nSPS) is 22.9. The number of carboxylic acids is 1. The van der Waals surface area contributed by atoms with Crippen molar-refractivity contribution in [3.05, 3.63) is 35.4 Å². The third-order valence-corrected chi connectivity index (χ3v) is 4.89. The Bertz CT molecular complexity index is 555. The van der Waals surface area contributed by atoms with Crippen molar-refractivity contribution in [2.24, 2.45) is 5.92 Å². The maximum Gasteiger partial charge on any atom is 0.308 e. The first kappa shape index (κ1) is 17.5. The Balaban J connectivity index is 1.97. The molecule has 0 heterocycles. The minimum atomic E-state index is -0.788. The first-order valence-electron chi connectivity index (χ1n) is 8.56. The summed E-state index contributed by atoms with van der Waals surface area (Å²) in [6.07, 6.45) is 4.80. The van der Waals surface area contributed by atoms with Gasteiger partial charge in [0.25, 0.3) is 0 Å². The number of carbonyl (C=O) groups excluding carboxylic acids is 1. The molecule has 4 nitrogen and oxygen atoms in total. The number of aryl methyl sites for hydroxylation is 1. The van der Waals surface area contributed by atoms with Crippen LogP contribution in [0.3, 0.4) is 0 Å². The van der Waals surface area contributed by atoms with Gasteiger partial charge in [-0.1, -0.05) is 50.5 Å². The van der Waals surface area contributed by atoms with Crippen LogP contribution in [0.1, 0.15) is 62.5 Å². The summed E-state index contributed by atoms with van der Waals surface area (Å²) in [7, 11) is 0. The molecule has 1 aromatic carbocycles. The van der Waals surface area contributed by atoms with Gasteiger partial charge < -0.3 is 10.4 Å². The molecule has 126 valence electrons. The first-order chi connectivity index (χ1) is 11.0. The molecule has 4 heteroatoms. The van der Waals surface area contributed by atoms with E-state index in [1.165, 1.54) is 11.1 Å². The van der Waals surface area contributed by atoms with E-state index in [4.69, 9.17) is 0 Å². The van der Waals surface area contributed by atoms with Crippen molar-refractivity contribution in [2.45, 2.75) is 64.3 Å². The van der Waals surface area contributed by atoms with E-state index in [2.05, 4.69) is 24.4 Å². The fourth-order valence-electron chi connectivity index (χ4n) is 3.57. The van der Waals surface area contributed by atoms with Crippen molar-refractivity contribution in [1.82, 2.24) is 5.32 Å². The summed E-state index contributed by atoms with van der Waals surface area (Å²) in [4.78, 5) is 23.8. The van der Waals surface area contributed by atoms with Crippen molar-refractivity contribution in [3.8, 4) is 0 Å². The van der Waals surface area contributed by atoms with Crippen molar-refractivity contribution in [3.63, 3.8) is 0 Å². The van der Waals surface area contributed by atoms with Gasteiger partial charge >= 0.3 is 5.97 Å². The number of carbonyl (C=O) groups is 2. The molecule has 1 amide bonds. The topological polar surface area (TPSA) is 66.4 Å². The summed E-state index contributed by atoms with van der Waals surface area (Å²) in [5.74, 6) is -1.15. The van der Waals surface area contributed by atoms with Crippen molar-refractivity contribution < 1.29 is 14.7 Å². The van der Waals surface area contributed by atoms with E-state index in [0.29, 0.717) is 12.8 Å². The summed E-state index contributed by atoms with van der Waals surface area (Å²) >= 11 is 0. The van der Waals surface area contributed by atoms with Crippen LogP contribution in [0.25, 0.3) is 0 Å². The number of rotatable bonds is 5. The average Bonchev–Trinajstić information content (AvgIpc) is 2.73. The monoisotopic (exact) mass is 317 g/mol. The standard InChI is InChI=1S/C19H27NO3/c1-13-8-6-7-9-15(13)14(2)12-18(21)20-17-11-5-3-4-10-16(17)19(22)23/h6-9,14,16-17H,3-5,10-12H2,1-2H3,(H,20,21)(H,22,23)/t14?,16-,17+/m1/s1. The lowest BCUT2D eigenvalue weighted by atomic mass is 9.92. The predicted octanol–water partition coefficient (Wildman–Crippen LogP) is 3.64. The van der Waals surface area contributed by atoms with Crippen LogP contribution in [0, 0.1) is 12.8 Å². The van der Waals surface area contributed by atoms with Crippen LogP contribution in [-0.4, -0.2) is 23.0 Å². The zero-order chi connectivity index (χ0) is 16.8. The summed E-state index contributed by atoms with van der Waals surface area (Å²) in [6, 6.07) is 7.86. The Morgan fingerprint density at radius 3 is 2.61 bits per heavy atom. The lowest BCUT2D eigenvalue weighted by Crippen LogP contribution is -2.43. The number of hydrogen-bond donors (Lipinski definition) is 2. The van der Waals surface area contributed by atoms with Crippen LogP contribution < -0.4 is 5.32 Å². The lowest BCUT2D eigenvalue weighted by Gasteiger charge is -2.24. The van der Waals surface area contributed by atoms with Gasteiger partial charge in [-0.25, -0.2) is 0 Å². The largest absolute Gasteiger partial charge is 0.481 e. The van der Waals surface area contributed by atoms with E-state index in [9.17, 15) is 14.7 Å². The molecule has 1 aromatic rings.